The number of fused-ring (bicyclic) bond motifs is 2. The fourth-order valence-corrected chi connectivity index (χ4v) is 4.21. The first-order chi connectivity index (χ1) is 9.83. The summed E-state index contributed by atoms with van der Waals surface area (Å²) in [4.78, 5) is 10.1. The van der Waals surface area contributed by atoms with Crippen LogP contribution in [-0.2, 0) is 6.42 Å². The first kappa shape index (κ1) is 11.9. The molecule has 1 unspecified atom stereocenters. The Hall–Kier alpha value is -1.94. The van der Waals surface area contributed by atoms with Gasteiger partial charge in [-0.15, -0.1) is 11.3 Å². The average Bonchev–Trinajstić information content (AvgIpc) is 2.87. The minimum absolute atomic E-state index is 0.418. The fourth-order valence-electron chi connectivity index (χ4n) is 3.18. The first-order valence-corrected chi connectivity index (χ1v) is 7.72. The fraction of sp³-hybridized carbons (Fsp3) is 0.250. The molecule has 1 atom stereocenters. The highest BCUT2D eigenvalue weighted by Crippen LogP contribution is 2.42. The third-order valence-corrected chi connectivity index (χ3v) is 5.10. The second kappa shape index (κ2) is 4.56. The van der Waals surface area contributed by atoms with E-state index in [2.05, 4.69) is 34.2 Å². The van der Waals surface area contributed by atoms with Crippen LogP contribution in [0.3, 0.4) is 0 Å². The summed E-state index contributed by atoms with van der Waals surface area (Å²) < 4.78 is 0. The molecule has 0 spiro atoms. The molecule has 4 heteroatoms. The van der Waals surface area contributed by atoms with Crippen LogP contribution in [0.25, 0.3) is 10.8 Å². The number of anilines is 1. The van der Waals surface area contributed by atoms with Gasteiger partial charge in [0.25, 0.3) is 0 Å². The van der Waals surface area contributed by atoms with Gasteiger partial charge in [0.2, 0.25) is 0 Å². The van der Waals surface area contributed by atoms with Crippen molar-refractivity contribution < 1.29 is 0 Å². The molecule has 20 heavy (non-hydrogen) atoms. The summed E-state index contributed by atoms with van der Waals surface area (Å²) in [7, 11) is 0. The van der Waals surface area contributed by atoms with Gasteiger partial charge in [-0.1, -0.05) is 18.2 Å². The highest BCUT2D eigenvalue weighted by atomic mass is 32.1. The molecule has 1 aliphatic carbocycles. The molecule has 2 aromatic heterocycles. The minimum Gasteiger partial charge on any atom is -0.375 e. The van der Waals surface area contributed by atoms with Gasteiger partial charge in [-0.2, -0.15) is 0 Å². The normalized spacial score (nSPS) is 18.1. The minimum atomic E-state index is 0.418. The molecular weight excluding hydrogens is 266 g/mol. The molecule has 100 valence electrons. The Morgan fingerprint density at radius 3 is 3.15 bits per heavy atom. The number of nitrogen functional groups attached to an aromatic ring is 1. The Balaban J connectivity index is 1.92. The van der Waals surface area contributed by atoms with Gasteiger partial charge >= 0.3 is 0 Å². The van der Waals surface area contributed by atoms with Crippen molar-refractivity contribution in [3.05, 3.63) is 52.8 Å². The molecule has 0 fully saturated rings. The van der Waals surface area contributed by atoms with E-state index in [0.717, 1.165) is 6.42 Å². The zero-order valence-corrected chi connectivity index (χ0v) is 11.9. The van der Waals surface area contributed by atoms with E-state index in [4.69, 9.17) is 5.73 Å². The Bertz CT molecular complexity index is 773. The lowest BCUT2D eigenvalue weighted by molar-refractivity contribution is 0.620. The predicted octanol–water partition coefficient (Wildman–Crippen LogP) is 3.74. The summed E-state index contributed by atoms with van der Waals surface area (Å²) in [5, 5.41) is 3.20. The number of pyridine rings is 1. The van der Waals surface area contributed by atoms with Crippen molar-refractivity contribution >= 4 is 27.2 Å². The molecule has 2 heterocycles. The van der Waals surface area contributed by atoms with Crippen LogP contribution >= 0.6 is 11.3 Å². The summed E-state index contributed by atoms with van der Waals surface area (Å²) in [6, 6.07) is 8.57. The Morgan fingerprint density at radius 1 is 1.25 bits per heavy atom. The van der Waals surface area contributed by atoms with Crippen molar-refractivity contribution in [1.82, 2.24) is 9.97 Å². The molecule has 3 nitrogen and oxygen atoms in total. The van der Waals surface area contributed by atoms with Crippen molar-refractivity contribution in [2.45, 2.75) is 25.2 Å². The van der Waals surface area contributed by atoms with Crippen molar-refractivity contribution in [3.8, 4) is 0 Å². The molecule has 2 N–H and O–H groups in total. The molecule has 3 aromatic rings. The predicted molar refractivity (Wildman–Crippen MR) is 83.1 cm³/mol. The van der Waals surface area contributed by atoms with E-state index < -0.39 is 0 Å². The quantitative estimate of drug-likeness (QED) is 0.739. The van der Waals surface area contributed by atoms with E-state index in [0.29, 0.717) is 11.0 Å². The van der Waals surface area contributed by atoms with E-state index in [9.17, 15) is 0 Å². The van der Waals surface area contributed by atoms with E-state index in [1.807, 2.05) is 12.4 Å². The largest absolute Gasteiger partial charge is 0.375 e. The van der Waals surface area contributed by atoms with Crippen LogP contribution in [0.1, 0.15) is 34.9 Å². The number of hydrogen-bond donors (Lipinski definition) is 1. The average molecular weight is 281 g/mol. The van der Waals surface area contributed by atoms with E-state index >= 15 is 0 Å². The molecule has 1 aliphatic rings. The second-order valence-corrected chi connectivity index (χ2v) is 6.31. The maximum absolute atomic E-state index is 5.91. The number of thiazole rings is 1. The number of benzene rings is 1. The van der Waals surface area contributed by atoms with Crippen LogP contribution < -0.4 is 5.73 Å². The number of nitrogens with zero attached hydrogens (tertiary/aromatic N) is 2. The third kappa shape index (κ3) is 1.79. The van der Waals surface area contributed by atoms with Crippen LogP contribution in [-0.4, -0.2) is 9.97 Å². The Kier molecular flexibility index (Phi) is 2.70. The molecular formula is C16H15N3S. The SMILES string of the molecule is Nc1nc2c(s1)C(c1cccc3ccncc13)CCC2. The van der Waals surface area contributed by atoms with Crippen molar-refractivity contribution in [2.24, 2.45) is 0 Å². The number of hydrogen-bond acceptors (Lipinski definition) is 4. The van der Waals surface area contributed by atoms with Gasteiger partial charge in [0.15, 0.2) is 5.13 Å². The van der Waals surface area contributed by atoms with E-state index in [1.54, 1.807) is 11.3 Å². The third-order valence-electron chi connectivity index (χ3n) is 4.06. The highest BCUT2D eigenvalue weighted by molar-refractivity contribution is 7.15. The summed E-state index contributed by atoms with van der Waals surface area (Å²) >= 11 is 1.65. The first-order valence-electron chi connectivity index (χ1n) is 6.90. The van der Waals surface area contributed by atoms with Gasteiger partial charge in [0.05, 0.1) is 5.69 Å². The number of rotatable bonds is 1. The monoisotopic (exact) mass is 281 g/mol. The Morgan fingerprint density at radius 2 is 2.20 bits per heavy atom. The lowest BCUT2D eigenvalue weighted by Gasteiger charge is -2.22. The lowest BCUT2D eigenvalue weighted by Crippen LogP contribution is -2.09. The lowest BCUT2D eigenvalue weighted by atomic mass is 9.84. The highest BCUT2D eigenvalue weighted by Gasteiger charge is 2.26. The van der Waals surface area contributed by atoms with Crippen LogP contribution in [0.4, 0.5) is 5.13 Å². The summed E-state index contributed by atoms with van der Waals surface area (Å²) in [6.45, 7) is 0. The summed E-state index contributed by atoms with van der Waals surface area (Å²) in [5.74, 6) is 0.418. The van der Waals surface area contributed by atoms with Crippen LogP contribution in [0.15, 0.2) is 36.7 Å². The standard InChI is InChI=1S/C16H15N3S/c17-16-19-14-6-2-5-12(15(14)20-16)11-4-1-3-10-7-8-18-9-13(10)11/h1,3-4,7-9,12H,2,5-6H2,(H2,17,19). The molecule has 0 radical (unpaired) electrons. The maximum atomic E-state index is 5.91. The van der Waals surface area contributed by atoms with Crippen LogP contribution in [0.2, 0.25) is 0 Å². The van der Waals surface area contributed by atoms with Gasteiger partial charge in [-0.3, -0.25) is 4.98 Å². The number of aryl methyl sites for hydroxylation is 1. The van der Waals surface area contributed by atoms with E-state index in [-0.39, 0.29) is 0 Å². The van der Waals surface area contributed by atoms with Gasteiger partial charge in [0, 0.05) is 28.6 Å². The van der Waals surface area contributed by atoms with Crippen LogP contribution in [0, 0.1) is 0 Å². The Labute approximate surface area is 121 Å². The molecule has 1 aromatic carbocycles. The summed E-state index contributed by atoms with van der Waals surface area (Å²) in [6.07, 6.45) is 7.23. The maximum Gasteiger partial charge on any atom is 0.180 e. The van der Waals surface area contributed by atoms with Gasteiger partial charge in [-0.25, -0.2) is 4.98 Å². The number of nitrogens with two attached hydrogens (primary N) is 1. The molecule has 0 saturated carbocycles. The van der Waals surface area contributed by atoms with Gasteiger partial charge in [-0.05, 0) is 36.3 Å². The van der Waals surface area contributed by atoms with Crippen molar-refractivity contribution in [3.63, 3.8) is 0 Å². The molecule has 0 aliphatic heterocycles. The molecule has 0 amide bonds. The molecule has 4 rings (SSSR count). The van der Waals surface area contributed by atoms with E-state index in [1.165, 1.54) is 39.7 Å². The number of aromatic nitrogens is 2. The molecule has 0 saturated heterocycles. The van der Waals surface area contributed by atoms with Crippen LogP contribution in [0.5, 0.6) is 0 Å². The zero-order chi connectivity index (χ0) is 13.5. The second-order valence-electron chi connectivity index (χ2n) is 5.25. The van der Waals surface area contributed by atoms with Crippen molar-refractivity contribution in [2.75, 3.05) is 5.73 Å². The van der Waals surface area contributed by atoms with Crippen molar-refractivity contribution in [1.29, 1.82) is 0 Å². The van der Waals surface area contributed by atoms with Gasteiger partial charge in [0.1, 0.15) is 0 Å². The van der Waals surface area contributed by atoms with Gasteiger partial charge < -0.3 is 5.73 Å². The topological polar surface area (TPSA) is 51.8 Å². The zero-order valence-electron chi connectivity index (χ0n) is 11.0. The smallest absolute Gasteiger partial charge is 0.180 e. The summed E-state index contributed by atoms with van der Waals surface area (Å²) in [5.41, 5.74) is 8.47. The molecule has 0 bridgehead atoms.